The van der Waals surface area contributed by atoms with E-state index in [4.69, 9.17) is 4.74 Å². The standard InChI is InChI=1S/C18H22BrNO/c1-4-20-17(15-8-5-13(2)6-9-15)12-14-7-10-18(21-3)16(19)11-14/h5-11,17,20H,4,12H2,1-3H3. The van der Waals surface area contributed by atoms with Gasteiger partial charge >= 0.3 is 0 Å². The van der Waals surface area contributed by atoms with Crippen LogP contribution in [-0.4, -0.2) is 13.7 Å². The second-order valence-corrected chi connectivity index (χ2v) is 6.05. The molecule has 1 unspecified atom stereocenters. The molecule has 2 aromatic rings. The molecule has 0 heterocycles. The molecule has 0 saturated carbocycles. The Kier molecular flexibility index (Phi) is 5.83. The number of hydrogen-bond acceptors (Lipinski definition) is 2. The van der Waals surface area contributed by atoms with Crippen LogP contribution in [0.1, 0.15) is 29.7 Å². The van der Waals surface area contributed by atoms with Crippen molar-refractivity contribution >= 4 is 15.9 Å². The molecule has 0 spiro atoms. The van der Waals surface area contributed by atoms with Crippen LogP contribution in [0.5, 0.6) is 5.75 Å². The number of ether oxygens (including phenoxy) is 1. The molecule has 2 rings (SSSR count). The van der Waals surface area contributed by atoms with Crippen LogP contribution in [0, 0.1) is 6.92 Å². The zero-order chi connectivity index (χ0) is 15.2. The minimum Gasteiger partial charge on any atom is -0.496 e. The largest absolute Gasteiger partial charge is 0.496 e. The highest BCUT2D eigenvalue weighted by Crippen LogP contribution is 2.28. The van der Waals surface area contributed by atoms with E-state index < -0.39 is 0 Å². The van der Waals surface area contributed by atoms with Gasteiger partial charge in [0.1, 0.15) is 5.75 Å². The summed E-state index contributed by atoms with van der Waals surface area (Å²) in [5.41, 5.74) is 3.91. The highest BCUT2D eigenvalue weighted by Gasteiger charge is 2.12. The Morgan fingerprint density at radius 1 is 1.14 bits per heavy atom. The number of halogens is 1. The summed E-state index contributed by atoms with van der Waals surface area (Å²) in [4.78, 5) is 0. The summed E-state index contributed by atoms with van der Waals surface area (Å²) in [5, 5.41) is 3.57. The Labute approximate surface area is 135 Å². The summed E-state index contributed by atoms with van der Waals surface area (Å²) in [6.45, 7) is 5.22. The van der Waals surface area contributed by atoms with Crippen molar-refractivity contribution in [3.63, 3.8) is 0 Å². The van der Waals surface area contributed by atoms with Gasteiger partial charge in [-0.15, -0.1) is 0 Å². The quantitative estimate of drug-likeness (QED) is 0.820. The molecule has 0 saturated heterocycles. The monoisotopic (exact) mass is 347 g/mol. The van der Waals surface area contributed by atoms with Crippen LogP contribution in [0.15, 0.2) is 46.9 Å². The van der Waals surface area contributed by atoms with Gasteiger partial charge in [-0.05, 0) is 59.1 Å². The van der Waals surface area contributed by atoms with Crippen LogP contribution in [0.25, 0.3) is 0 Å². The SMILES string of the molecule is CCNC(Cc1ccc(OC)c(Br)c1)c1ccc(C)cc1. The molecule has 112 valence electrons. The first kappa shape index (κ1) is 16.1. The highest BCUT2D eigenvalue weighted by atomic mass is 79.9. The average molecular weight is 348 g/mol. The van der Waals surface area contributed by atoms with E-state index in [0.29, 0.717) is 6.04 Å². The first-order valence-electron chi connectivity index (χ1n) is 7.26. The molecule has 0 bridgehead atoms. The fourth-order valence-corrected chi connectivity index (χ4v) is 3.01. The third kappa shape index (κ3) is 4.32. The van der Waals surface area contributed by atoms with Gasteiger partial charge in [0.2, 0.25) is 0 Å². The normalized spacial score (nSPS) is 12.2. The van der Waals surface area contributed by atoms with Crippen molar-refractivity contribution in [2.75, 3.05) is 13.7 Å². The van der Waals surface area contributed by atoms with Crippen molar-refractivity contribution in [2.24, 2.45) is 0 Å². The molecule has 0 aliphatic heterocycles. The van der Waals surface area contributed by atoms with Crippen LogP contribution in [0.4, 0.5) is 0 Å². The van der Waals surface area contributed by atoms with Gasteiger partial charge in [-0.3, -0.25) is 0 Å². The van der Waals surface area contributed by atoms with E-state index in [1.165, 1.54) is 16.7 Å². The first-order chi connectivity index (χ1) is 10.1. The van der Waals surface area contributed by atoms with E-state index in [9.17, 15) is 0 Å². The maximum Gasteiger partial charge on any atom is 0.133 e. The Balaban J connectivity index is 2.19. The van der Waals surface area contributed by atoms with Crippen molar-refractivity contribution in [1.82, 2.24) is 5.32 Å². The van der Waals surface area contributed by atoms with Crippen molar-refractivity contribution < 1.29 is 4.74 Å². The third-order valence-electron chi connectivity index (χ3n) is 3.59. The fraction of sp³-hybridized carbons (Fsp3) is 0.333. The fourth-order valence-electron chi connectivity index (χ4n) is 2.43. The highest BCUT2D eigenvalue weighted by molar-refractivity contribution is 9.10. The lowest BCUT2D eigenvalue weighted by molar-refractivity contribution is 0.412. The van der Waals surface area contributed by atoms with Crippen LogP contribution in [-0.2, 0) is 6.42 Å². The van der Waals surface area contributed by atoms with Crippen molar-refractivity contribution in [3.8, 4) is 5.75 Å². The smallest absolute Gasteiger partial charge is 0.133 e. The molecule has 0 aliphatic rings. The molecule has 1 atom stereocenters. The summed E-state index contributed by atoms with van der Waals surface area (Å²) in [5.74, 6) is 0.870. The van der Waals surface area contributed by atoms with Gasteiger partial charge in [-0.25, -0.2) is 0 Å². The molecule has 2 aromatic carbocycles. The van der Waals surface area contributed by atoms with Gasteiger partial charge in [0, 0.05) is 6.04 Å². The van der Waals surface area contributed by atoms with E-state index in [1.807, 2.05) is 6.07 Å². The van der Waals surface area contributed by atoms with Crippen LogP contribution in [0.2, 0.25) is 0 Å². The van der Waals surface area contributed by atoms with Gasteiger partial charge in [-0.2, -0.15) is 0 Å². The molecule has 0 aliphatic carbocycles. The topological polar surface area (TPSA) is 21.3 Å². The maximum atomic E-state index is 5.29. The number of aryl methyl sites for hydroxylation is 1. The Bertz CT molecular complexity index is 580. The number of methoxy groups -OCH3 is 1. The first-order valence-corrected chi connectivity index (χ1v) is 8.05. The molecule has 0 fully saturated rings. The second-order valence-electron chi connectivity index (χ2n) is 5.19. The molecule has 21 heavy (non-hydrogen) atoms. The average Bonchev–Trinajstić information content (AvgIpc) is 2.48. The van der Waals surface area contributed by atoms with E-state index in [-0.39, 0.29) is 0 Å². The van der Waals surface area contributed by atoms with Gasteiger partial charge < -0.3 is 10.1 Å². The summed E-state index contributed by atoms with van der Waals surface area (Å²) < 4.78 is 6.29. The van der Waals surface area contributed by atoms with Gasteiger partial charge in [-0.1, -0.05) is 42.8 Å². The molecule has 0 amide bonds. The number of hydrogen-bond donors (Lipinski definition) is 1. The number of benzene rings is 2. The minimum atomic E-state index is 0.330. The number of rotatable bonds is 6. The predicted octanol–water partition coefficient (Wildman–Crippen LogP) is 4.66. The molecular weight excluding hydrogens is 326 g/mol. The van der Waals surface area contributed by atoms with E-state index >= 15 is 0 Å². The van der Waals surface area contributed by atoms with Crippen molar-refractivity contribution in [2.45, 2.75) is 26.3 Å². The van der Waals surface area contributed by atoms with Crippen LogP contribution >= 0.6 is 15.9 Å². The summed E-state index contributed by atoms with van der Waals surface area (Å²) >= 11 is 3.56. The van der Waals surface area contributed by atoms with E-state index in [0.717, 1.165) is 23.2 Å². The van der Waals surface area contributed by atoms with Gasteiger partial charge in [0.15, 0.2) is 0 Å². The molecule has 3 heteroatoms. The van der Waals surface area contributed by atoms with Gasteiger partial charge in [0.05, 0.1) is 11.6 Å². The van der Waals surface area contributed by atoms with E-state index in [2.05, 4.69) is 71.5 Å². The molecule has 2 nitrogen and oxygen atoms in total. The Hall–Kier alpha value is -1.32. The molecule has 1 N–H and O–H groups in total. The molecular formula is C18H22BrNO. The maximum absolute atomic E-state index is 5.29. The van der Waals surface area contributed by atoms with E-state index in [1.54, 1.807) is 7.11 Å². The summed E-state index contributed by atoms with van der Waals surface area (Å²) in [7, 11) is 1.69. The van der Waals surface area contributed by atoms with Gasteiger partial charge in [0.25, 0.3) is 0 Å². The summed E-state index contributed by atoms with van der Waals surface area (Å²) in [6.07, 6.45) is 0.958. The summed E-state index contributed by atoms with van der Waals surface area (Å²) in [6, 6.07) is 15.4. The predicted molar refractivity (Wildman–Crippen MR) is 92.0 cm³/mol. The lowest BCUT2D eigenvalue weighted by Gasteiger charge is -2.19. The lowest BCUT2D eigenvalue weighted by atomic mass is 9.98. The third-order valence-corrected chi connectivity index (χ3v) is 4.21. The molecule has 0 radical (unpaired) electrons. The second kappa shape index (κ2) is 7.62. The number of nitrogens with one attached hydrogen (secondary N) is 1. The lowest BCUT2D eigenvalue weighted by Crippen LogP contribution is -2.22. The number of likely N-dealkylation sites (N-methyl/N-ethyl adjacent to an activating group) is 1. The van der Waals surface area contributed by atoms with Crippen LogP contribution < -0.4 is 10.1 Å². The van der Waals surface area contributed by atoms with Crippen LogP contribution in [0.3, 0.4) is 0 Å². The molecule has 0 aromatic heterocycles. The van der Waals surface area contributed by atoms with Crippen molar-refractivity contribution in [3.05, 3.63) is 63.6 Å². The zero-order valence-electron chi connectivity index (χ0n) is 12.8. The Morgan fingerprint density at radius 2 is 1.86 bits per heavy atom. The minimum absolute atomic E-state index is 0.330. The Morgan fingerprint density at radius 3 is 2.43 bits per heavy atom. The van der Waals surface area contributed by atoms with Crippen molar-refractivity contribution in [1.29, 1.82) is 0 Å². The zero-order valence-corrected chi connectivity index (χ0v) is 14.4.